The third-order valence-corrected chi connectivity index (χ3v) is 3.01. The van der Waals surface area contributed by atoms with E-state index in [1.807, 2.05) is 63.7 Å². The Morgan fingerprint density at radius 3 is 2.05 bits per heavy atom. The Morgan fingerprint density at radius 2 is 1.67 bits per heavy atom. The minimum absolute atomic E-state index is 0.226. The van der Waals surface area contributed by atoms with Crippen LogP contribution in [0.2, 0.25) is 0 Å². The van der Waals surface area contributed by atoms with Crippen molar-refractivity contribution in [3.05, 3.63) is 0 Å². The van der Waals surface area contributed by atoms with Gasteiger partial charge in [-0.05, 0) is 33.6 Å². The van der Waals surface area contributed by atoms with Gasteiger partial charge in [0, 0.05) is 40.8 Å². The van der Waals surface area contributed by atoms with Gasteiger partial charge in [-0.2, -0.15) is 0 Å². The first-order valence-corrected chi connectivity index (χ1v) is 7.50. The summed E-state index contributed by atoms with van der Waals surface area (Å²) in [4.78, 5) is 22.5. The molecule has 0 aromatic heterocycles. The normalized spacial score (nSPS) is 14.4. The Morgan fingerprint density at radius 1 is 1.14 bits per heavy atom. The summed E-state index contributed by atoms with van der Waals surface area (Å²) in [6.45, 7) is 6.87. The number of aliphatic imine (C=N–C) groups is 1. The van der Waals surface area contributed by atoms with Crippen molar-refractivity contribution in [2.75, 3.05) is 41.3 Å². The summed E-state index contributed by atoms with van der Waals surface area (Å²) in [5.41, 5.74) is -0.452. The second kappa shape index (κ2) is 7.00. The molecule has 0 saturated heterocycles. The molecule has 0 radical (unpaired) electrons. The second-order valence-electron chi connectivity index (χ2n) is 6.88. The maximum absolute atomic E-state index is 12.2. The van der Waals surface area contributed by atoms with E-state index in [0.29, 0.717) is 19.1 Å². The molecule has 0 aromatic rings. The van der Waals surface area contributed by atoms with Crippen molar-refractivity contribution in [2.24, 2.45) is 4.99 Å². The van der Waals surface area contributed by atoms with Crippen molar-refractivity contribution in [2.45, 2.75) is 45.3 Å². The van der Waals surface area contributed by atoms with Crippen molar-refractivity contribution in [3.63, 3.8) is 0 Å². The topological polar surface area (TPSA) is 48.4 Å². The van der Waals surface area contributed by atoms with Gasteiger partial charge in [0.2, 0.25) is 0 Å². The molecule has 1 rings (SSSR count). The van der Waals surface area contributed by atoms with Crippen LogP contribution >= 0.6 is 0 Å². The lowest BCUT2D eigenvalue weighted by Gasteiger charge is -2.27. The van der Waals surface area contributed by atoms with Gasteiger partial charge in [-0.3, -0.25) is 4.99 Å². The van der Waals surface area contributed by atoms with E-state index in [0.717, 1.165) is 18.8 Å². The van der Waals surface area contributed by atoms with Crippen LogP contribution in [0, 0.1) is 0 Å². The lowest BCUT2D eigenvalue weighted by molar-refractivity contribution is 0.0240. The fraction of sp³-hybridized carbons (Fsp3) is 0.867. The average molecular weight is 298 g/mol. The third-order valence-electron chi connectivity index (χ3n) is 3.01. The number of ether oxygens (including phenoxy) is 1. The van der Waals surface area contributed by atoms with Crippen LogP contribution in [0.1, 0.15) is 33.6 Å². The predicted octanol–water partition coefficient (Wildman–Crippen LogP) is 1.87. The fourth-order valence-corrected chi connectivity index (χ4v) is 2.07. The summed E-state index contributed by atoms with van der Waals surface area (Å²) >= 11 is 0. The van der Waals surface area contributed by atoms with E-state index < -0.39 is 5.60 Å². The Balaban J connectivity index is 2.60. The number of rotatable bonds is 4. The van der Waals surface area contributed by atoms with Crippen LogP contribution in [-0.4, -0.2) is 79.7 Å². The molecule has 0 aliphatic heterocycles. The molecule has 0 aromatic carbocycles. The number of guanidine groups is 1. The van der Waals surface area contributed by atoms with Crippen LogP contribution in [0.3, 0.4) is 0 Å². The number of carbonyl (C=O) groups is 1. The molecule has 1 fully saturated rings. The molecule has 0 bridgehead atoms. The molecule has 0 N–H and O–H groups in total. The first-order valence-electron chi connectivity index (χ1n) is 7.50. The lowest BCUT2D eigenvalue weighted by atomic mass is 10.2. The summed E-state index contributed by atoms with van der Waals surface area (Å²) in [5.74, 6) is 0.898. The zero-order chi connectivity index (χ0) is 16.2. The molecular weight excluding hydrogens is 268 g/mol. The highest BCUT2D eigenvalue weighted by Crippen LogP contribution is 2.28. The number of nitrogens with zero attached hydrogens (tertiary/aromatic N) is 4. The maximum Gasteiger partial charge on any atom is 0.410 e. The summed E-state index contributed by atoms with van der Waals surface area (Å²) < 4.78 is 5.47. The van der Waals surface area contributed by atoms with Crippen LogP contribution in [0.5, 0.6) is 0 Å². The van der Waals surface area contributed by atoms with E-state index in [2.05, 4.69) is 4.99 Å². The minimum Gasteiger partial charge on any atom is -0.444 e. The third kappa shape index (κ3) is 6.23. The number of hydrogen-bond donors (Lipinski definition) is 0. The maximum atomic E-state index is 12.2. The Kier molecular flexibility index (Phi) is 5.87. The molecule has 0 spiro atoms. The van der Waals surface area contributed by atoms with Gasteiger partial charge in [0.25, 0.3) is 0 Å². The van der Waals surface area contributed by atoms with Crippen molar-refractivity contribution in [1.82, 2.24) is 14.7 Å². The molecule has 6 heteroatoms. The highest BCUT2D eigenvalue weighted by molar-refractivity contribution is 5.79. The molecule has 1 aliphatic rings. The highest BCUT2D eigenvalue weighted by atomic mass is 16.6. The number of hydrogen-bond acceptors (Lipinski definition) is 3. The van der Waals surface area contributed by atoms with Crippen LogP contribution < -0.4 is 0 Å². The van der Waals surface area contributed by atoms with E-state index in [-0.39, 0.29) is 6.09 Å². The highest BCUT2D eigenvalue weighted by Gasteiger charge is 2.34. The zero-order valence-electron chi connectivity index (χ0n) is 14.5. The molecule has 1 saturated carbocycles. The molecule has 1 amide bonds. The van der Waals surface area contributed by atoms with Gasteiger partial charge in [-0.25, -0.2) is 4.79 Å². The molecule has 21 heavy (non-hydrogen) atoms. The monoisotopic (exact) mass is 298 g/mol. The number of amides is 1. The van der Waals surface area contributed by atoms with Crippen LogP contribution in [0.25, 0.3) is 0 Å². The molecule has 0 atom stereocenters. The number of carbonyl (C=O) groups excluding carboxylic acids is 1. The van der Waals surface area contributed by atoms with Gasteiger partial charge in [0.05, 0.1) is 6.54 Å². The SMILES string of the molecule is CN(C)C(=NCCN(C(=O)OC(C)(C)C)C1CC1)N(C)C. The van der Waals surface area contributed by atoms with Crippen LogP contribution in [0.4, 0.5) is 4.79 Å². The quantitative estimate of drug-likeness (QED) is 0.587. The van der Waals surface area contributed by atoms with Gasteiger partial charge >= 0.3 is 6.09 Å². The predicted molar refractivity (Wildman–Crippen MR) is 85.6 cm³/mol. The van der Waals surface area contributed by atoms with E-state index in [1.165, 1.54) is 0 Å². The minimum atomic E-state index is -0.452. The Hall–Kier alpha value is -1.46. The summed E-state index contributed by atoms with van der Waals surface area (Å²) in [7, 11) is 7.85. The first-order chi connectivity index (χ1) is 9.61. The average Bonchev–Trinajstić information content (AvgIpc) is 3.09. The second-order valence-corrected chi connectivity index (χ2v) is 6.88. The van der Waals surface area contributed by atoms with Crippen molar-refractivity contribution in [3.8, 4) is 0 Å². The van der Waals surface area contributed by atoms with E-state index in [9.17, 15) is 4.79 Å². The summed E-state index contributed by atoms with van der Waals surface area (Å²) in [5, 5.41) is 0. The lowest BCUT2D eigenvalue weighted by Crippen LogP contribution is -2.40. The Labute approximate surface area is 128 Å². The van der Waals surface area contributed by atoms with Gasteiger partial charge in [-0.15, -0.1) is 0 Å². The van der Waals surface area contributed by atoms with E-state index in [1.54, 1.807) is 0 Å². The zero-order valence-corrected chi connectivity index (χ0v) is 14.5. The van der Waals surface area contributed by atoms with Gasteiger partial charge in [-0.1, -0.05) is 0 Å². The molecule has 6 nitrogen and oxygen atoms in total. The standard InChI is InChI=1S/C15H30N4O2/c1-15(2,3)21-14(20)19(12-8-9-12)11-10-16-13(17(4)5)18(6)7/h12H,8-11H2,1-7H3. The smallest absolute Gasteiger partial charge is 0.410 e. The summed E-state index contributed by atoms with van der Waals surface area (Å²) in [6, 6.07) is 0.331. The van der Waals surface area contributed by atoms with Crippen molar-refractivity contribution >= 4 is 12.1 Å². The van der Waals surface area contributed by atoms with Gasteiger partial charge < -0.3 is 19.4 Å². The van der Waals surface area contributed by atoms with Crippen molar-refractivity contribution in [1.29, 1.82) is 0 Å². The molecule has 1 aliphatic carbocycles. The molecule has 122 valence electrons. The molecule has 0 unspecified atom stereocenters. The largest absolute Gasteiger partial charge is 0.444 e. The molecule has 0 heterocycles. The molecular formula is C15H30N4O2. The van der Waals surface area contributed by atoms with E-state index >= 15 is 0 Å². The van der Waals surface area contributed by atoms with Crippen LogP contribution in [0.15, 0.2) is 4.99 Å². The first kappa shape index (κ1) is 17.6. The van der Waals surface area contributed by atoms with Crippen molar-refractivity contribution < 1.29 is 9.53 Å². The van der Waals surface area contributed by atoms with Crippen LogP contribution in [-0.2, 0) is 4.74 Å². The Bertz CT molecular complexity index is 372. The van der Waals surface area contributed by atoms with E-state index in [4.69, 9.17) is 4.74 Å². The van der Waals surface area contributed by atoms with Gasteiger partial charge in [0.1, 0.15) is 5.60 Å². The van der Waals surface area contributed by atoms with Gasteiger partial charge in [0.15, 0.2) is 5.96 Å². The fourth-order valence-electron chi connectivity index (χ4n) is 2.07. The summed E-state index contributed by atoms with van der Waals surface area (Å²) in [6.07, 6.45) is 1.91.